The Morgan fingerprint density at radius 2 is 1.31 bits per heavy atom. The van der Waals surface area contributed by atoms with Crippen molar-refractivity contribution in [2.24, 2.45) is 0 Å². The number of hydrogen-bond acceptors (Lipinski definition) is 4. The van der Waals surface area contributed by atoms with Crippen molar-refractivity contribution in [1.29, 1.82) is 0 Å². The fraction of sp³-hybridized carbons (Fsp3) is 0.0952. The number of esters is 1. The molecule has 0 fully saturated rings. The molecule has 0 saturated heterocycles. The van der Waals surface area contributed by atoms with E-state index < -0.39 is 13.1 Å². The highest BCUT2D eigenvalue weighted by molar-refractivity contribution is 7.85. The molecule has 26 heavy (non-hydrogen) atoms. The summed E-state index contributed by atoms with van der Waals surface area (Å²) in [7, 11) is -0.554. The Kier molecular flexibility index (Phi) is 5.24. The fourth-order valence-corrected chi connectivity index (χ4v) is 5.95. The Bertz CT molecular complexity index is 909. The number of carbonyl (C=O) groups excluding carboxylic acids is 1. The zero-order chi connectivity index (χ0) is 18.6. The van der Waals surface area contributed by atoms with E-state index in [0.29, 0.717) is 21.7 Å². The Morgan fingerprint density at radius 1 is 0.769 bits per heavy atom. The summed E-state index contributed by atoms with van der Waals surface area (Å²) < 4.78 is 25.0. The lowest BCUT2D eigenvalue weighted by atomic mass is 10.2. The molecule has 0 heterocycles. The molecule has 0 radical (unpaired) electrons. The van der Waals surface area contributed by atoms with Crippen molar-refractivity contribution in [2.45, 2.75) is 0 Å². The third-order valence-electron chi connectivity index (χ3n) is 4.18. The van der Waals surface area contributed by atoms with E-state index in [1.165, 1.54) is 14.2 Å². The molecule has 5 heteroatoms. The van der Waals surface area contributed by atoms with Crippen LogP contribution in [-0.4, -0.2) is 20.2 Å². The molecule has 0 spiro atoms. The van der Waals surface area contributed by atoms with Crippen LogP contribution >= 0.6 is 7.14 Å². The van der Waals surface area contributed by atoms with Crippen LogP contribution in [0.3, 0.4) is 0 Å². The molecule has 0 aliphatic carbocycles. The number of methoxy groups -OCH3 is 2. The molecule has 0 amide bonds. The van der Waals surface area contributed by atoms with E-state index in [-0.39, 0.29) is 5.56 Å². The average Bonchev–Trinajstić information content (AvgIpc) is 2.73. The summed E-state index contributed by atoms with van der Waals surface area (Å²) >= 11 is 0. The highest BCUT2D eigenvalue weighted by Crippen LogP contribution is 2.46. The van der Waals surface area contributed by atoms with Crippen LogP contribution in [-0.2, 0) is 9.30 Å². The zero-order valence-corrected chi connectivity index (χ0v) is 15.5. The molecule has 0 aromatic heterocycles. The molecule has 0 atom stereocenters. The Balaban J connectivity index is 2.42. The van der Waals surface area contributed by atoms with Crippen LogP contribution in [0.15, 0.2) is 78.9 Å². The van der Waals surface area contributed by atoms with Crippen molar-refractivity contribution in [3.05, 3.63) is 84.4 Å². The lowest BCUT2D eigenvalue weighted by molar-refractivity contribution is 0.0602. The van der Waals surface area contributed by atoms with Crippen molar-refractivity contribution in [2.75, 3.05) is 14.2 Å². The predicted molar refractivity (Wildman–Crippen MR) is 104 cm³/mol. The van der Waals surface area contributed by atoms with Crippen LogP contribution in [0.2, 0.25) is 0 Å². The van der Waals surface area contributed by atoms with Crippen molar-refractivity contribution < 1.29 is 18.8 Å². The molecule has 0 saturated carbocycles. The molecule has 3 aromatic rings. The summed E-state index contributed by atoms with van der Waals surface area (Å²) in [6, 6.07) is 23.3. The second-order valence-corrected chi connectivity index (χ2v) is 8.33. The minimum Gasteiger partial charge on any atom is -0.496 e. The summed E-state index contributed by atoms with van der Waals surface area (Å²) in [6.07, 6.45) is 0. The molecular formula is C21H19O4P. The minimum atomic E-state index is -3.36. The van der Waals surface area contributed by atoms with Crippen molar-refractivity contribution >= 4 is 29.0 Å². The van der Waals surface area contributed by atoms with Crippen LogP contribution in [0, 0.1) is 0 Å². The van der Waals surface area contributed by atoms with Gasteiger partial charge in [0.05, 0.1) is 25.1 Å². The Labute approximate surface area is 152 Å². The first kappa shape index (κ1) is 18.0. The largest absolute Gasteiger partial charge is 0.496 e. The van der Waals surface area contributed by atoms with Gasteiger partial charge in [-0.3, -0.25) is 0 Å². The van der Waals surface area contributed by atoms with Crippen LogP contribution in [0.5, 0.6) is 5.75 Å². The fourth-order valence-electron chi connectivity index (χ4n) is 2.97. The summed E-state index contributed by atoms with van der Waals surface area (Å²) in [6.45, 7) is 0. The summed E-state index contributed by atoms with van der Waals surface area (Å²) in [5.74, 6) is -0.157. The van der Waals surface area contributed by atoms with Gasteiger partial charge >= 0.3 is 5.97 Å². The summed E-state index contributed by atoms with van der Waals surface area (Å²) in [5, 5.41) is 1.61. The van der Waals surface area contributed by atoms with Crippen molar-refractivity contribution in [3.8, 4) is 5.75 Å². The van der Waals surface area contributed by atoms with Gasteiger partial charge in [-0.05, 0) is 12.1 Å². The quantitative estimate of drug-likeness (QED) is 0.514. The zero-order valence-electron chi connectivity index (χ0n) is 14.6. The van der Waals surface area contributed by atoms with E-state index in [9.17, 15) is 9.36 Å². The highest BCUT2D eigenvalue weighted by atomic mass is 31.2. The van der Waals surface area contributed by atoms with Crippen LogP contribution in [0.1, 0.15) is 10.4 Å². The van der Waals surface area contributed by atoms with Gasteiger partial charge < -0.3 is 14.0 Å². The summed E-state index contributed by atoms with van der Waals surface area (Å²) in [5.41, 5.74) is 0.239. The second kappa shape index (κ2) is 7.59. The molecule has 3 rings (SSSR count). The number of carbonyl (C=O) groups is 1. The SMILES string of the molecule is COC(=O)c1cccc(OC)c1P(=O)(c1ccccc1)c1ccccc1. The second-order valence-electron chi connectivity index (χ2n) is 5.63. The van der Waals surface area contributed by atoms with Gasteiger partial charge in [-0.2, -0.15) is 0 Å². The predicted octanol–water partition coefficient (Wildman–Crippen LogP) is 3.12. The lowest BCUT2D eigenvalue weighted by Crippen LogP contribution is -2.30. The first-order chi connectivity index (χ1) is 12.6. The monoisotopic (exact) mass is 366 g/mol. The van der Waals surface area contributed by atoms with Gasteiger partial charge in [0.1, 0.15) is 5.75 Å². The molecule has 0 unspecified atom stereocenters. The smallest absolute Gasteiger partial charge is 0.338 e. The van der Waals surface area contributed by atoms with Gasteiger partial charge in [0.2, 0.25) is 0 Å². The third kappa shape index (κ3) is 3.04. The topological polar surface area (TPSA) is 52.6 Å². The van der Waals surface area contributed by atoms with Crippen molar-refractivity contribution in [1.82, 2.24) is 0 Å². The van der Waals surface area contributed by atoms with E-state index in [0.717, 1.165) is 0 Å². The first-order valence-electron chi connectivity index (χ1n) is 8.10. The molecule has 3 aromatic carbocycles. The summed E-state index contributed by atoms with van der Waals surface area (Å²) in [4.78, 5) is 12.4. The van der Waals surface area contributed by atoms with Gasteiger partial charge in [0, 0.05) is 10.6 Å². The lowest BCUT2D eigenvalue weighted by Gasteiger charge is -2.24. The van der Waals surface area contributed by atoms with Crippen molar-refractivity contribution in [3.63, 3.8) is 0 Å². The maximum absolute atomic E-state index is 14.6. The van der Waals surface area contributed by atoms with Gasteiger partial charge in [-0.25, -0.2) is 4.79 Å². The number of hydrogen-bond donors (Lipinski definition) is 0. The maximum atomic E-state index is 14.6. The Morgan fingerprint density at radius 3 is 1.77 bits per heavy atom. The molecule has 0 aliphatic rings. The molecule has 4 nitrogen and oxygen atoms in total. The molecule has 0 N–H and O–H groups in total. The molecule has 0 aliphatic heterocycles. The van der Waals surface area contributed by atoms with Gasteiger partial charge in [-0.15, -0.1) is 0 Å². The normalized spacial score (nSPS) is 11.0. The van der Waals surface area contributed by atoms with E-state index >= 15 is 0 Å². The van der Waals surface area contributed by atoms with Gasteiger partial charge in [0.25, 0.3) is 0 Å². The number of rotatable bonds is 5. The van der Waals surface area contributed by atoms with E-state index in [1.54, 1.807) is 42.5 Å². The van der Waals surface area contributed by atoms with Crippen LogP contribution in [0.4, 0.5) is 0 Å². The Hall–Kier alpha value is -2.84. The highest BCUT2D eigenvalue weighted by Gasteiger charge is 2.36. The molecule has 0 bridgehead atoms. The van der Waals surface area contributed by atoms with E-state index in [1.807, 2.05) is 36.4 Å². The van der Waals surface area contributed by atoms with E-state index in [4.69, 9.17) is 9.47 Å². The third-order valence-corrected chi connectivity index (χ3v) is 7.32. The van der Waals surface area contributed by atoms with E-state index in [2.05, 4.69) is 0 Å². The number of benzene rings is 3. The first-order valence-corrected chi connectivity index (χ1v) is 9.80. The van der Waals surface area contributed by atoms with Gasteiger partial charge in [-0.1, -0.05) is 66.7 Å². The standard InChI is InChI=1S/C21H19O4P/c1-24-19-15-9-14-18(21(22)25-2)20(19)26(23,16-10-5-3-6-11-16)17-12-7-4-8-13-17/h3-15H,1-2H3. The molecule has 132 valence electrons. The maximum Gasteiger partial charge on any atom is 0.338 e. The average molecular weight is 366 g/mol. The minimum absolute atomic E-state index is 0.239. The van der Waals surface area contributed by atoms with Crippen LogP contribution < -0.4 is 20.7 Å². The number of ether oxygens (including phenoxy) is 2. The van der Waals surface area contributed by atoms with Gasteiger partial charge in [0.15, 0.2) is 7.14 Å². The molecular weight excluding hydrogens is 347 g/mol. The van der Waals surface area contributed by atoms with Crippen LogP contribution in [0.25, 0.3) is 0 Å².